The van der Waals surface area contributed by atoms with Crippen LogP contribution in [0.15, 0.2) is 53.4 Å². The summed E-state index contributed by atoms with van der Waals surface area (Å²) in [6.07, 6.45) is 0.119. The van der Waals surface area contributed by atoms with Crippen molar-refractivity contribution in [2.24, 2.45) is 0 Å². The Kier molecular flexibility index (Phi) is 6.94. The first-order chi connectivity index (χ1) is 15.2. The van der Waals surface area contributed by atoms with E-state index in [1.54, 1.807) is 45.2 Å². The number of anilines is 2. The van der Waals surface area contributed by atoms with Gasteiger partial charge in [-0.3, -0.25) is 9.52 Å². The molecule has 32 heavy (non-hydrogen) atoms. The molecular weight excluding hydrogens is 432 g/mol. The van der Waals surface area contributed by atoms with Crippen LogP contribution in [0.4, 0.5) is 11.5 Å². The van der Waals surface area contributed by atoms with Crippen molar-refractivity contribution in [3.63, 3.8) is 0 Å². The molecule has 3 rings (SSSR count). The molecule has 0 radical (unpaired) electrons. The molecule has 0 spiro atoms. The molecule has 0 unspecified atom stereocenters. The molecule has 2 N–H and O–H groups in total. The molecule has 0 fully saturated rings. The van der Waals surface area contributed by atoms with E-state index in [0.29, 0.717) is 28.7 Å². The molecule has 0 saturated heterocycles. The van der Waals surface area contributed by atoms with Crippen LogP contribution < -0.4 is 19.5 Å². The summed E-state index contributed by atoms with van der Waals surface area (Å²) in [6, 6.07) is 12.7. The van der Waals surface area contributed by atoms with E-state index < -0.39 is 10.0 Å². The molecule has 1 heterocycles. The van der Waals surface area contributed by atoms with Crippen molar-refractivity contribution in [1.82, 2.24) is 9.97 Å². The van der Waals surface area contributed by atoms with Crippen molar-refractivity contribution < 1.29 is 22.7 Å². The zero-order valence-corrected chi connectivity index (χ0v) is 19.0. The number of nitrogens with one attached hydrogen (secondary N) is 2. The van der Waals surface area contributed by atoms with E-state index in [2.05, 4.69) is 20.0 Å². The van der Waals surface area contributed by atoms with Gasteiger partial charge >= 0.3 is 0 Å². The Labute approximate surface area is 186 Å². The number of aromatic nitrogens is 2. The van der Waals surface area contributed by atoms with Crippen LogP contribution in [0.3, 0.4) is 0 Å². The molecule has 2 aromatic carbocycles. The van der Waals surface area contributed by atoms with Crippen LogP contribution >= 0.6 is 0 Å². The predicted octanol–water partition coefficient (Wildman–Crippen LogP) is 3.09. The second kappa shape index (κ2) is 9.65. The quantitative estimate of drug-likeness (QED) is 0.534. The van der Waals surface area contributed by atoms with E-state index in [1.807, 2.05) is 0 Å². The number of hydrogen-bond donors (Lipinski definition) is 2. The molecule has 0 atom stereocenters. The highest BCUT2D eigenvalue weighted by Gasteiger charge is 2.16. The molecule has 10 heteroatoms. The summed E-state index contributed by atoms with van der Waals surface area (Å²) >= 11 is 0. The second-order valence-corrected chi connectivity index (χ2v) is 8.67. The van der Waals surface area contributed by atoms with Gasteiger partial charge in [-0.15, -0.1) is 0 Å². The van der Waals surface area contributed by atoms with Gasteiger partial charge in [0.15, 0.2) is 11.5 Å². The number of ether oxygens (including phenoxy) is 2. The number of carbonyl (C=O) groups excluding carboxylic acids is 1. The van der Waals surface area contributed by atoms with Gasteiger partial charge in [0, 0.05) is 17.4 Å². The number of nitrogens with zero attached hydrogens (tertiary/aromatic N) is 2. The van der Waals surface area contributed by atoms with Crippen LogP contribution in [0.2, 0.25) is 0 Å². The van der Waals surface area contributed by atoms with Crippen molar-refractivity contribution in [1.29, 1.82) is 0 Å². The normalized spacial score (nSPS) is 11.0. The average molecular weight is 457 g/mol. The third-order valence-electron chi connectivity index (χ3n) is 4.47. The summed E-state index contributed by atoms with van der Waals surface area (Å²) in [5.74, 6) is 1.53. The van der Waals surface area contributed by atoms with Gasteiger partial charge in [-0.25, -0.2) is 18.4 Å². The number of rotatable bonds is 8. The van der Waals surface area contributed by atoms with Gasteiger partial charge in [-0.2, -0.15) is 0 Å². The van der Waals surface area contributed by atoms with Crippen molar-refractivity contribution >= 4 is 27.4 Å². The van der Waals surface area contributed by atoms with Gasteiger partial charge in [0.2, 0.25) is 5.91 Å². The van der Waals surface area contributed by atoms with Gasteiger partial charge in [0.25, 0.3) is 10.0 Å². The van der Waals surface area contributed by atoms with Crippen LogP contribution in [0.1, 0.15) is 17.1 Å². The largest absolute Gasteiger partial charge is 0.493 e. The monoisotopic (exact) mass is 456 g/mol. The Bertz CT molecular complexity index is 1210. The number of hydrogen-bond acceptors (Lipinski definition) is 7. The first kappa shape index (κ1) is 23.0. The van der Waals surface area contributed by atoms with Crippen molar-refractivity contribution in [2.75, 3.05) is 24.3 Å². The van der Waals surface area contributed by atoms with Crippen molar-refractivity contribution in [3.05, 3.63) is 65.6 Å². The number of amides is 1. The van der Waals surface area contributed by atoms with Gasteiger partial charge in [-0.05, 0) is 55.8 Å². The van der Waals surface area contributed by atoms with E-state index in [-0.39, 0.29) is 23.0 Å². The molecule has 168 valence electrons. The SMILES string of the molecule is COc1ccc(CC(=O)Nc2ccc(S(=O)(=O)Nc3cc(C)nc(C)n3)cc2)cc1OC. The third-order valence-corrected chi connectivity index (χ3v) is 5.84. The number of sulfonamides is 1. The zero-order chi connectivity index (χ0) is 23.3. The molecule has 0 aliphatic rings. The van der Waals surface area contributed by atoms with E-state index in [0.717, 1.165) is 5.56 Å². The van der Waals surface area contributed by atoms with E-state index >= 15 is 0 Å². The van der Waals surface area contributed by atoms with Crippen LogP contribution in [0, 0.1) is 13.8 Å². The first-order valence-corrected chi connectivity index (χ1v) is 11.1. The highest BCUT2D eigenvalue weighted by Crippen LogP contribution is 2.28. The topological polar surface area (TPSA) is 120 Å². The van der Waals surface area contributed by atoms with Crippen molar-refractivity contribution in [2.45, 2.75) is 25.2 Å². The maximum Gasteiger partial charge on any atom is 0.263 e. The highest BCUT2D eigenvalue weighted by molar-refractivity contribution is 7.92. The molecule has 1 aromatic heterocycles. The lowest BCUT2D eigenvalue weighted by atomic mass is 10.1. The summed E-state index contributed by atoms with van der Waals surface area (Å²) < 4.78 is 38.1. The maximum absolute atomic E-state index is 12.6. The zero-order valence-electron chi connectivity index (χ0n) is 18.2. The molecular formula is C22H24N4O5S. The summed E-state index contributed by atoms with van der Waals surface area (Å²) in [5.41, 5.74) is 1.88. The smallest absolute Gasteiger partial charge is 0.263 e. The minimum Gasteiger partial charge on any atom is -0.493 e. The van der Waals surface area contributed by atoms with Gasteiger partial charge < -0.3 is 14.8 Å². The minimum atomic E-state index is -3.83. The first-order valence-electron chi connectivity index (χ1n) is 9.66. The van der Waals surface area contributed by atoms with Crippen LogP contribution in [0.5, 0.6) is 11.5 Å². The standard InChI is InChI=1S/C22H24N4O5S/c1-14-11-21(24-15(2)23-14)26-32(28,29)18-8-6-17(7-9-18)25-22(27)13-16-5-10-19(30-3)20(12-16)31-4/h5-12H,13H2,1-4H3,(H,25,27)(H,23,24,26). The molecule has 9 nitrogen and oxygen atoms in total. The summed E-state index contributed by atoms with van der Waals surface area (Å²) in [7, 11) is -0.766. The Hall–Kier alpha value is -3.66. The fourth-order valence-corrected chi connectivity index (χ4v) is 4.06. The summed E-state index contributed by atoms with van der Waals surface area (Å²) in [6.45, 7) is 3.44. The Balaban J connectivity index is 1.66. The van der Waals surface area contributed by atoms with E-state index in [1.165, 1.54) is 31.4 Å². The van der Waals surface area contributed by atoms with E-state index in [4.69, 9.17) is 9.47 Å². The summed E-state index contributed by atoms with van der Waals surface area (Å²) in [4.78, 5) is 20.7. The van der Waals surface area contributed by atoms with Crippen molar-refractivity contribution in [3.8, 4) is 11.5 Å². The Morgan fingerprint density at radius 1 is 0.938 bits per heavy atom. The number of methoxy groups -OCH3 is 2. The van der Waals surface area contributed by atoms with Crippen LogP contribution in [-0.4, -0.2) is 38.5 Å². The lowest BCUT2D eigenvalue weighted by molar-refractivity contribution is -0.115. The fraction of sp³-hybridized carbons (Fsp3) is 0.227. The van der Waals surface area contributed by atoms with Gasteiger partial charge in [0.05, 0.1) is 25.5 Å². The number of carbonyl (C=O) groups is 1. The number of aryl methyl sites for hydroxylation is 2. The highest BCUT2D eigenvalue weighted by atomic mass is 32.2. The van der Waals surface area contributed by atoms with Gasteiger partial charge in [-0.1, -0.05) is 6.07 Å². The fourth-order valence-electron chi connectivity index (χ4n) is 3.06. The summed E-state index contributed by atoms with van der Waals surface area (Å²) in [5, 5.41) is 2.75. The van der Waals surface area contributed by atoms with Crippen LogP contribution in [0.25, 0.3) is 0 Å². The molecule has 0 bridgehead atoms. The maximum atomic E-state index is 12.6. The molecule has 0 aliphatic carbocycles. The number of benzene rings is 2. The van der Waals surface area contributed by atoms with Gasteiger partial charge in [0.1, 0.15) is 11.6 Å². The lowest BCUT2D eigenvalue weighted by Gasteiger charge is -2.11. The lowest BCUT2D eigenvalue weighted by Crippen LogP contribution is -2.16. The second-order valence-electron chi connectivity index (χ2n) is 6.99. The van der Waals surface area contributed by atoms with E-state index in [9.17, 15) is 13.2 Å². The molecule has 1 amide bonds. The molecule has 3 aromatic rings. The third kappa shape index (κ3) is 5.73. The molecule has 0 aliphatic heterocycles. The minimum absolute atomic E-state index is 0.0457. The Morgan fingerprint density at radius 2 is 1.62 bits per heavy atom. The predicted molar refractivity (Wildman–Crippen MR) is 121 cm³/mol. The Morgan fingerprint density at radius 3 is 2.25 bits per heavy atom. The molecule has 0 saturated carbocycles. The van der Waals surface area contributed by atoms with Crippen LogP contribution in [-0.2, 0) is 21.2 Å². The average Bonchev–Trinajstić information content (AvgIpc) is 2.72.